The molecule has 0 spiro atoms. The Morgan fingerprint density at radius 1 is 1.22 bits per heavy atom. The molecule has 1 fully saturated rings. The van der Waals surface area contributed by atoms with E-state index in [2.05, 4.69) is 24.5 Å². The number of ether oxygens (including phenoxy) is 1. The Kier molecular flexibility index (Phi) is 5.47. The number of hydrogen-bond donors (Lipinski definition) is 0. The van der Waals surface area contributed by atoms with Crippen molar-refractivity contribution in [2.24, 2.45) is 0 Å². The molecule has 0 amide bonds. The molecule has 0 radical (unpaired) electrons. The first-order valence-corrected chi connectivity index (χ1v) is 9.92. The molecule has 3 aromatic rings. The van der Waals surface area contributed by atoms with Crippen LogP contribution in [0.1, 0.15) is 5.56 Å². The zero-order valence-corrected chi connectivity index (χ0v) is 16.2. The fraction of sp³-hybridized carbons (Fsp3) is 0.421. The minimum absolute atomic E-state index is 0.0159. The summed E-state index contributed by atoms with van der Waals surface area (Å²) in [5.41, 5.74) is 3.14. The van der Waals surface area contributed by atoms with Gasteiger partial charge in [0, 0.05) is 57.1 Å². The molecule has 1 aliphatic heterocycles. The van der Waals surface area contributed by atoms with Gasteiger partial charge in [0.15, 0.2) is 0 Å². The fourth-order valence-electron chi connectivity index (χ4n) is 3.42. The summed E-state index contributed by atoms with van der Waals surface area (Å²) < 4.78 is 10.8. The Bertz CT molecular complexity index is 948. The Labute approximate surface area is 162 Å². The molecule has 4 rings (SSSR count). The van der Waals surface area contributed by atoms with Crippen molar-refractivity contribution in [3.8, 4) is 0 Å². The van der Waals surface area contributed by atoms with Crippen molar-refractivity contribution in [2.45, 2.75) is 13.1 Å². The van der Waals surface area contributed by atoms with Crippen LogP contribution in [-0.4, -0.2) is 58.7 Å². The summed E-state index contributed by atoms with van der Waals surface area (Å²) in [5, 5.41) is 2.77. The van der Waals surface area contributed by atoms with Gasteiger partial charge in [-0.15, -0.1) is 0 Å². The highest BCUT2D eigenvalue weighted by atomic mass is 32.1. The van der Waals surface area contributed by atoms with E-state index in [1.165, 1.54) is 17.1 Å². The van der Waals surface area contributed by atoms with Crippen molar-refractivity contribution >= 4 is 28.1 Å². The number of piperazine rings is 1. The van der Waals surface area contributed by atoms with Crippen molar-refractivity contribution < 1.29 is 4.74 Å². The summed E-state index contributed by atoms with van der Waals surface area (Å²) in [6.07, 6.45) is 3.56. The van der Waals surface area contributed by atoms with E-state index in [0.29, 0.717) is 18.5 Å². The first-order valence-electron chi connectivity index (χ1n) is 9.08. The monoisotopic (exact) mass is 385 g/mol. The van der Waals surface area contributed by atoms with Crippen LogP contribution in [0.2, 0.25) is 0 Å². The summed E-state index contributed by atoms with van der Waals surface area (Å²) in [6.45, 7) is 5.94. The number of benzene rings is 1. The average molecular weight is 385 g/mol. The van der Waals surface area contributed by atoms with Gasteiger partial charge in [-0.2, -0.15) is 0 Å². The Morgan fingerprint density at radius 3 is 2.81 bits per heavy atom. The molecule has 27 heavy (non-hydrogen) atoms. The lowest BCUT2D eigenvalue weighted by atomic mass is 10.2. The third-order valence-corrected chi connectivity index (χ3v) is 5.61. The van der Waals surface area contributed by atoms with Crippen LogP contribution >= 0.6 is 11.5 Å². The van der Waals surface area contributed by atoms with Gasteiger partial charge >= 0.3 is 0 Å². The molecule has 0 atom stereocenters. The zero-order chi connectivity index (χ0) is 18.6. The summed E-state index contributed by atoms with van der Waals surface area (Å²) in [4.78, 5) is 21.9. The number of methoxy groups -OCH3 is 1. The summed E-state index contributed by atoms with van der Waals surface area (Å²) in [5.74, 6) is 0. The Morgan fingerprint density at radius 2 is 2.07 bits per heavy atom. The molecule has 1 aromatic carbocycles. The molecule has 0 unspecified atom stereocenters. The van der Waals surface area contributed by atoms with Crippen molar-refractivity contribution in [3.05, 3.63) is 52.0 Å². The third kappa shape index (κ3) is 4.02. The number of aromatic nitrogens is 3. The highest BCUT2D eigenvalue weighted by Crippen LogP contribution is 2.21. The molecule has 142 valence electrons. The van der Waals surface area contributed by atoms with Crippen LogP contribution in [0.15, 0.2) is 40.9 Å². The van der Waals surface area contributed by atoms with Crippen molar-refractivity contribution in [1.29, 1.82) is 0 Å². The molecule has 1 aliphatic rings. The van der Waals surface area contributed by atoms with E-state index < -0.39 is 0 Å². The van der Waals surface area contributed by atoms with E-state index in [1.807, 2.05) is 24.4 Å². The lowest BCUT2D eigenvalue weighted by Gasteiger charge is -2.36. The van der Waals surface area contributed by atoms with Crippen LogP contribution in [0, 0.1) is 0 Å². The van der Waals surface area contributed by atoms with Crippen LogP contribution in [0.25, 0.3) is 10.9 Å². The van der Waals surface area contributed by atoms with Gasteiger partial charge in [-0.05, 0) is 35.3 Å². The van der Waals surface area contributed by atoms with Crippen LogP contribution in [-0.2, 0) is 17.8 Å². The molecule has 8 heteroatoms. The molecule has 0 bridgehead atoms. The second-order valence-corrected chi connectivity index (χ2v) is 7.39. The summed E-state index contributed by atoms with van der Waals surface area (Å²) >= 11 is 1.50. The SMILES string of the molecule is COCCn1cnc2cc(N3CCN(Cc4cnsc4)CC3)ccc2c1=O. The van der Waals surface area contributed by atoms with E-state index in [4.69, 9.17) is 4.74 Å². The average Bonchev–Trinajstić information content (AvgIpc) is 3.21. The van der Waals surface area contributed by atoms with E-state index in [1.54, 1.807) is 18.0 Å². The summed E-state index contributed by atoms with van der Waals surface area (Å²) in [7, 11) is 1.63. The number of anilines is 1. The summed E-state index contributed by atoms with van der Waals surface area (Å²) in [6, 6.07) is 5.95. The predicted octanol–water partition coefficient (Wildman–Crippen LogP) is 1.82. The number of rotatable bonds is 6. The molecule has 2 aromatic heterocycles. The van der Waals surface area contributed by atoms with Gasteiger partial charge in [0.25, 0.3) is 5.56 Å². The van der Waals surface area contributed by atoms with Gasteiger partial charge in [-0.25, -0.2) is 9.36 Å². The zero-order valence-electron chi connectivity index (χ0n) is 15.4. The minimum Gasteiger partial charge on any atom is -0.383 e. The third-order valence-electron chi connectivity index (χ3n) is 4.97. The van der Waals surface area contributed by atoms with Gasteiger partial charge in [-0.3, -0.25) is 14.3 Å². The second kappa shape index (κ2) is 8.16. The molecule has 7 nitrogen and oxygen atoms in total. The lowest BCUT2D eigenvalue weighted by Crippen LogP contribution is -2.45. The normalized spacial score (nSPS) is 15.5. The van der Waals surface area contributed by atoms with Crippen LogP contribution < -0.4 is 10.5 Å². The maximum absolute atomic E-state index is 12.6. The lowest BCUT2D eigenvalue weighted by molar-refractivity contribution is 0.186. The van der Waals surface area contributed by atoms with Gasteiger partial charge in [0.2, 0.25) is 0 Å². The molecular formula is C19H23N5O2S. The fourth-order valence-corrected chi connectivity index (χ4v) is 3.95. The van der Waals surface area contributed by atoms with Gasteiger partial charge in [0.05, 0.1) is 30.4 Å². The predicted molar refractivity (Wildman–Crippen MR) is 107 cm³/mol. The maximum Gasteiger partial charge on any atom is 0.261 e. The van der Waals surface area contributed by atoms with Gasteiger partial charge in [0.1, 0.15) is 0 Å². The van der Waals surface area contributed by atoms with Crippen LogP contribution in [0.3, 0.4) is 0 Å². The quantitative estimate of drug-likeness (QED) is 0.645. The molecule has 0 aliphatic carbocycles. The first-order chi connectivity index (χ1) is 13.2. The molecule has 0 N–H and O–H groups in total. The highest BCUT2D eigenvalue weighted by molar-refractivity contribution is 7.03. The van der Waals surface area contributed by atoms with Crippen LogP contribution in [0.4, 0.5) is 5.69 Å². The Balaban J connectivity index is 1.46. The van der Waals surface area contributed by atoms with E-state index in [0.717, 1.165) is 43.9 Å². The smallest absolute Gasteiger partial charge is 0.261 e. The number of hydrogen-bond acceptors (Lipinski definition) is 7. The molecule has 3 heterocycles. The Hall–Kier alpha value is -2.29. The van der Waals surface area contributed by atoms with Crippen molar-refractivity contribution in [2.75, 3.05) is 44.8 Å². The van der Waals surface area contributed by atoms with Crippen molar-refractivity contribution in [1.82, 2.24) is 18.8 Å². The first kappa shape index (κ1) is 18.1. The molecule has 0 saturated carbocycles. The van der Waals surface area contributed by atoms with E-state index in [-0.39, 0.29) is 5.56 Å². The minimum atomic E-state index is -0.0159. The van der Waals surface area contributed by atoms with Crippen LogP contribution in [0.5, 0.6) is 0 Å². The van der Waals surface area contributed by atoms with Crippen molar-refractivity contribution in [3.63, 3.8) is 0 Å². The number of fused-ring (bicyclic) bond motifs is 1. The highest BCUT2D eigenvalue weighted by Gasteiger charge is 2.18. The molecule has 1 saturated heterocycles. The largest absolute Gasteiger partial charge is 0.383 e. The maximum atomic E-state index is 12.6. The van der Waals surface area contributed by atoms with Gasteiger partial charge in [-0.1, -0.05) is 0 Å². The second-order valence-electron chi connectivity index (χ2n) is 6.73. The molecular weight excluding hydrogens is 362 g/mol. The topological polar surface area (TPSA) is 63.5 Å². The number of nitrogens with zero attached hydrogens (tertiary/aromatic N) is 5. The van der Waals surface area contributed by atoms with E-state index in [9.17, 15) is 4.79 Å². The standard InChI is InChI=1S/C19H23N5O2S/c1-26-9-8-24-14-20-18-10-16(2-3-17(18)19(24)25)23-6-4-22(5-7-23)12-15-11-21-27-13-15/h2-3,10-11,13-14H,4-9,12H2,1H3. The van der Waals surface area contributed by atoms with Gasteiger partial charge < -0.3 is 9.64 Å². The van der Waals surface area contributed by atoms with E-state index >= 15 is 0 Å².